The summed E-state index contributed by atoms with van der Waals surface area (Å²) in [4.78, 5) is 29.4. The number of phenolic OH excluding ortho intramolecular Hbond substituents is 2. The first kappa shape index (κ1) is 24.7. The largest absolute Gasteiger partial charge is 0.507 e. The van der Waals surface area contributed by atoms with Crippen molar-refractivity contribution in [2.24, 2.45) is 0 Å². The molecular formula is C28H31N3O6. The standard InChI is InChI=1S/C28H31N3O6/c1-17-3-5-22(36-17)16-30(2)27(34)23-12-24(26(33)13-25(23)32)28(35)31-14-18-4-6-21(11-19(18)15-31)37-20-7-9-29-10-8-20/h3-6,11-13,20,29,32-33H,7-10,14-16H2,1-2H3. The predicted octanol–water partition coefficient (Wildman–Crippen LogP) is 3.56. The third-order valence-corrected chi connectivity index (χ3v) is 6.89. The zero-order chi connectivity index (χ0) is 26.1. The molecule has 9 nitrogen and oxygen atoms in total. The molecule has 0 unspecified atom stereocenters. The molecule has 2 aliphatic heterocycles. The number of furan rings is 1. The number of carbonyl (C=O) groups is 2. The molecule has 3 N–H and O–H groups in total. The van der Waals surface area contributed by atoms with Gasteiger partial charge in [-0.3, -0.25) is 9.59 Å². The lowest BCUT2D eigenvalue weighted by Crippen LogP contribution is -2.34. The monoisotopic (exact) mass is 505 g/mol. The maximum atomic E-state index is 13.4. The minimum atomic E-state index is -0.495. The van der Waals surface area contributed by atoms with Crippen LogP contribution in [0.4, 0.5) is 0 Å². The number of hydrogen-bond acceptors (Lipinski definition) is 7. The van der Waals surface area contributed by atoms with Crippen molar-refractivity contribution in [3.63, 3.8) is 0 Å². The quantitative estimate of drug-likeness (QED) is 0.469. The maximum Gasteiger partial charge on any atom is 0.258 e. The summed E-state index contributed by atoms with van der Waals surface area (Å²) in [5, 5.41) is 24.2. The van der Waals surface area contributed by atoms with Gasteiger partial charge >= 0.3 is 0 Å². The van der Waals surface area contributed by atoms with Crippen LogP contribution in [0.5, 0.6) is 17.2 Å². The molecule has 9 heteroatoms. The van der Waals surface area contributed by atoms with Crippen molar-refractivity contribution in [1.29, 1.82) is 0 Å². The van der Waals surface area contributed by atoms with Gasteiger partial charge in [0.2, 0.25) is 0 Å². The second kappa shape index (κ2) is 10.2. The number of piperidine rings is 1. The van der Waals surface area contributed by atoms with Crippen LogP contribution in [-0.4, -0.2) is 58.1 Å². The molecule has 0 spiro atoms. The molecule has 3 heterocycles. The lowest BCUT2D eigenvalue weighted by atomic mass is 10.1. The van der Waals surface area contributed by atoms with Crippen LogP contribution in [0.1, 0.15) is 56.2 Å². The Bertz CT molecular complexity index is 1330. The summed E-state index contributed by atoms with van der Waals surface area (Å²) in [6.07, 6.45) is 2.09. The summed E-state index contributed by atoms with van der Waals surface area (Å²) >= 11 is 0. The predicted molar refractivity (Wildman–Crippen MR) is 136 cm³/mol. The van der Waals surface area contributed by atoms with Gasteiger partial charge in [0.1, 0.15) is 34.9 Å². The Hall–Kier alpha value is -3.98. The molecular weight excluding hydrogens is 474 g/mol. The summed E-state index contributed by atoms with van der Waals surface area (Å²) in [5.41, 5.74) is 1.89. The van der Waals surface area contributed by atoms with Crippen LogP contribution in [0, 0.1) is 6.92 Å². The molecule has 2 amide bonds. The van der Waals surface area contributed by atoms with Gasteiger partial charge in [0.15, 0.2) is 0 Å². The number of phenols is 2. The van der Waals surface area contributed by atoms with E-state index in [9.17, 15) is 19.8 Å². The lowest BCUT2D eigenvalue weighted by molar-refractivity contribution is 0.0747. The molecule has 5 rings (SSSR count). The summed E-state index contributed by atoms with van der Waals surface area (Å²) in [6.45, 7) is 4.63. The molecule has 0 atom stereocenters. The van der Waals surface area contributed by atoms with E-state index < -0.39 is 17.6 Å². The van der Waals surface area contributed by atoms with Crippen molar-refractivity contribution < 1.29 is 29.0 Å². The lowest BCUT2D eigenvalue weighted by Gasteiger charge is -2.24. The number of carbonyl (C=O) groups excluding carboxylic acids is 2. The Kier molecular flexibility index (Phi) is 6.80. The van der Waals surface area contributed by atoms with E-state index in [2.05, 4.69) is 5.32 Å². The maximum absolute atomic E-state index is 13.4. The normalized spacial score (nSPS) is 15.5. The van der Waals surface area contributed by atoms with Crippen molar-refractivity contribution in [3.05, 3.63) is 76.2 Å². The summed E-state index contributed by atoms with van der Waals surface area (Å²) in [6, 6.07) is 11.8. The number of fused-ring (bicyclic) bond motifs is 1. The van der Waals surface area contributed by atoms with E-state index >= 15 is 0 Å². The number of ether oxygens (including phenoxy) is 1. The van der Waals surface area contributed by atoms with E-state index in [4.69, 9.17) is 9.15 Å². The SMILES string of the molecule is Cc1ccc(CN(C)C(=O)c2cc(C(=O)N3Cc4ccc(OC5CCNCC5)cc4C3)c(O)cc2O)o1. The van der Waals surface area contributed by atoms with Gasteiger partial charge < -0.3 is 34.5 Å². The van der Waals surface area contributed by atoms with Crippen LogP contribution in [-0.2, 0) is 19.6 Å². The fourth-order valence-corrected chi connectivity index (χ4v) is 4.86. The first-order chi connectivity index (χ1) is 17.8. The second-order valence-electron chi connectivity index (χ2n) is 9.72. The zero-order valence-electron chi connectivity index (χ0n) is 21.0. The molecule has 1 fully saturated rings. The van der Waals surface area contributed by atoms with Gasteiger partial charge in [0, 0.05) is 26.2 Å². The fourth-order valence-electron chi connectivity index (χ4n) is 4.86. The highest BCUT2D eigenvalue weighted by molar-refractivity contribution is 6.03. The Morgan fingerprint density at radius 1 is 1.03 bits per heavy atom. The van der Waals surface area contributed by atoms with E-state index in [-0.39, 0.29) is 29.5 Å². The third-order valence-electron chi connectivity index (χ3n) is 6.89. The van der Waals surface area contributed by atoms with Gasteiger partial charge in [-0.2, -0.15) is 0 Å². The number of hydrogen-bond donors (Lipinski definition) is 3. The number of nitrogens with zero attached hydrogens (tertiary/aromatic N) is 2. The highest BCUT2D eigenvalue weighted by Gasteiger charge is 2.29. The van der Waals surface area contributed by atoms with E-state index in [0.717, 1.165) is 54.6 Å². The highest BCUT2D eigenvalue weighted by atomic mass is 16.5. The Balaban J connectivity index is 1.31. The molecule has 37 heavy (non-hydrogen) atoms. The molecule has 1 aromatic heterocycles. The van der Waals surface area contributed by atoms with Crippen molar-refractivity contribution in [2.75, 3.05) is 20.1 Å². The third kappa shape index (κ3) is 5.27. The number of nitrogens with one attached hydrogen (secondary N) is 1. The van der Waals surface area contributed by atoms with Crippen molar-refractivity contribution >= 4 is 11.8 Å². The molecule has 3 aromatic rings. The zero-order valence-corrected chi connectivity index (χ0v) is 21.0. The van der Waals surface area contributed by atoms with Gasteiger partial charge in [0.05, 0.1) is 17.7 Å². The molecule has 0 aliphatic carbocycles. The van der Waals surface area contributed by atoms with Crippen molar-refractivity contribution in [1.82, 2.24) is 15.1 Å². The first-order valence-corrected chi connectivity index (χ1v) is 12.4. The number of amides is 2. The topological polar surface area (TPSA) is 115 Å². The average molecular weight is 506 g/mol. The van der Waals surface area contributed by atoms with Gasteiger partial charge in [-0.15, -0.1) is 0 Å². The van der Waals surface area contributed by atoms with Crippen LogP contribution in [0.15, 0.2) is 46.9 Å². The van der Waals surface area contributed by atoms with Gasteiger partial charge in [-0.25, -0.2) is 0 Å². The van der Waals surface area contributed by atoms with Crippen LogP contribution in [0.25, 0.3) is 0 Å². The second-order valence-corrected chi connectivity index (χ2v) is 9.72. The molecule has 2 aliphatic rings. The summed E-state index contributed by atoms with van der Waals surface area (Å²) in [5.74, 6) is 0.419. The molecule has 2 aromatic carbocycles. The number of aryl methyl sites for hydroxylation is 1. The number of aromatic hydroxyl groups is 2. The van der Waals surface area contributed by atoms with Gasteiger partial charge in [0.25, 0.3) is 11.8 Å². The van der Waals surface area contributed by atoms with E-state index in [1.54, 1.807) is 24.1 Å². The first-order valence-electron chi connectivity index (χ1n) is 12.4. The summed E-state index contributed by atoms with van der Waals surface area (Å²) < 4.78 is 11.7. The Morgan fingerprint density at radius 3 is 2.49 bits per heavy atom. The highest BCUT2D eigenvalue weighted by Crippen LogP contribution is 2.33. The average Bonchev–Trinajstić information content (AvgIpc) is 3.49. The van der Waals surface area contributed by atoms with E-state index in [1.165, 1.54) is 11.0 Å². The Labute approximate surface area is 215 Å². The van der Waals surface area contributed by atoms with Gasteiger partial charge in [-0.05, 0) is 74.3 Å². The number of benzene rings is 2. The number of rotatable bonds is 6. The van der Waals surface area contributed by atoms with Crippen molar-refractivity contribution in [3.8, 4) is 17.2 Å². The smallest absolute Gasteiger partial charge is 0.258 e. The molecule has 0 radical (unpaired) electrons. The van der Waals surface area contributed by atoms with E-state index in [1.807, 2.05) is 25.1 Å². The van der Waals surface area contributed by atoms with Crippen LogP contribution < -0.4 is 10.1 Å². The Morgan fingerprint density at radius 2 is 1.76 bits per heavy atom. The molecule has 194 valence electrons. The molecule has 0 bridgehead atoms. The van der Waals surface area contributed by atoms with E-state index in [0.29, 0.717) is 18.8 Å². The molecule has 1 saturated heterocycles. The van der Waals surface area contributed by atoms with Gasteiger partial charge in [-0.1, -0.05) is 6.07 Å². The van der Waals surface area contributed by atoms with Crippen LogP contribution >= 0.6 is 0 Å². The fraction of sp³-hybridized carbons (Fsp3) is 0.357. The van der Waals surface area contributed by atoms with Crippen molar-refractivity contribution in [2.45, 2.75) is 45.5 Å². The summed E-state index contributed by atoms with van der Waals surface area (Å²) in [7, 11) is 1.58. The minimum Gasteiger partial charge on any atom is -0.507 e. The van der Waals surface area contributed by atoms with Crippen LogP contribution in [0.2, 0.25) is 0 Å². The minimum absolute atomic E-state index is 0.0395. The van der Waals surface area contributed by atoms with Crippen LogP contribution in [0.3, 0.4) is 0 Å². The molecule has 0 saturated carbocycles.